The molecule has 3 aromatic carbocycles. The van der Waals surface area contributed by atoms with E-state index in [1.165, 1.54) is 41.5 Å². The van der Waals surface area contributed by atoms with Crippen LogP contribution in [0.5, 0.6) is 0 Å². The Balaban J connectivity index is 1.58. The van der Waals surface area contributed by atoms with Crippen LogP contribution in [-0.4, -0.2) is 27.6 Å². The molecule has 4 aromatic rings. The second kappa shape index (κ2) is 11.2. The van der Waals surface area contributed by atoms with Crippen molar-refractivity contribution in [1.29, 1.82) is 5.26 Å². The molecule has 40 heavy (non-hydrogen) atoms. The molecule has 1 aliphatic rings. The number of nitriles is 1. The van der Waals surface area contributed by atoms with Crippen LogP contribution in [0.15, 0.2) is 72.7 Å². The summed E-state index contributed by atoms with van der Waals surface area (Å²) in [6.07, 6.45) is 2.96. The lowest BCUT2D eigenvalue weighted by Gasteiger charge is -2.22. The third kappa shape index (κ3) is 5.69. The first-order valence-electron chi connectivity index (χ1n) is 11.7. The molecule has 1 aliphatic heterocycles. The number of carboxylic acids is 1. The minimum absolute atomic E-state index is 0.0905. The Morgan fingerprint density at radius 3 is 2.55 bits per heavy atom. The molecule has 1 unspecified atom stereocenters. The average Bonchev–Trinajstić information content (AvgIpc) is 3.37. The van der Waals surface area contributed by atoms with Crippen molar-refractivity contribution in [3.8, 4) is 6.07 Å². The van der Waals surface area contributed by atoms with Crippen LogP contribution in [0.25, 0.3) is 10.9 Å². The number of anilines is 3. The summed E-state index contributed by atoms with van der Waals surface area (Å²) in [5.41, 5.74) is 8.88. The van der Waals surface area contributed by atoms with Crippen LogP contribution >= 0.6 is 23.2 Å². The molecule has 0 radical (unpaired) electrons. The highest BCUT2D eigenvalue weighted by Gasteiger charge is 2.24. The number of aromatic nitrogens is 1. The van der Waals surface area contributed by atoms with Crippen molar-refractivity contribution in [2.45, 2.75) is 6.04 Å². The van der Waals surface area contributed by atoms with Gasteiger partial charge in [-0.25, -0.2) is 8.78 Å². The summed E-state index contributed by atoms with van der Waals surface area (Å²) in [6, 6.07) is 14.8. The van der Waals surface area contributed by atoms with Gasteiger partial charge in [0.05, 0.1) is 38.6 Å². The van der Waals surface area contributed by atoms with E-state index >= 15 is 0 Å². The Labute approximate surface area is 236 Å². The Hall–Kier alpha value is -4.63. The van der Waals surface area contributed by atoms with E-state index in [1.54, 1.807) is 30.5 Å². The minimum atomic E-state index is -1.04. The van der Waals surface area contributed by atoms with E-state index in [4.69, 9.17) is 28.3 Å². The van der Waals surface area contributed by atoms with E-state index in [0.717, 1.165) is 0 Å². The van der Waals surface area contributed by atoms with Crippen LogP contribution in [0, 0.1) is 23.0 Å². The topological polar surface area (TPSA) is 125 Å². The van der Waals surface area contributed by atoms with E-state index in [-0.39, 0.29) is 22.2 Å². The van der Waals surface area contributed by atoms with E-state index in [0.29, 0.717) is 39.2 Å². The number of pyridine rings is 1. The summed E-state index contributed by atoms with van der Waals surface area (Å²) < 4.78 is 27.4. The summed E-state index contributed by atoms with van der Waals surface area (Å²) >= 11 is 12.6. The van der Waals surface area contributed by atoms with Crippen molar-refractivity contribution in [1.82, 2.24) is 21.0 Å². The Kier molecular flexibility index (Phi) is 7.57. The first kappa shape index (κ1) is 27.0. The van der Waals surface area contributed by atoms with Crippen LogP contribution in [0.2, 0.25) is 10.0 Å². The molecule has 5 N–H and O–H groups in total. The number of hydrazine groups is 2. The largest absolute Gasteiger partial charge is 0.480 e. The maximum Gasteiger partial charge on any atom is 0.324 e. The number of halogens is 4. The SMILES string of the molecule is N#Cc1cnc2c(Cl)cc(NC(C3=CN(CC(=O)O)NN3)c3ccc(F)cc3)cc2c1Nc1ccc(F)c(Cl)c1. The molecule has 202 valence electrons. The predicted molar refractivity (Wildman–Crippen MR) is 148 cm³/mol. The number of nitrogens with one attached hydrogen (secondary N) is 4. The molecule has 13 heteroatoms. The van der Waals surface area contributed by atoms with Gasteiger partial charge in [0.2, 0.25) is 0 Å². The second-order valence-corrected chi connectivity index (χ2v) is 9.55. The summed E-state index contributed by atoms with van der Waals surface area (Å²) in [4.78, 5) is 15.5. The van der Waals surface area contributed by atoms with Crippen molar-refractivity contribution in [3.05, 3.63) is 105 Å². The Bertz CT molecular complexity index is 1690. The highest BCUT2D eigenvalue weighted by Crippen LogP contribution is 2.37. The number of aliphatic carboxylic acids is 1. The van der Waals surface area contributed by atoms with Crippen molar-refractivity contribution < 1.29 is 18.7 Å². The maximum atomic E-state index is 13.7. The van der Waals surface area contributed by atoms with Crippen LogP contribution in [0.1, 0.15) is 17.2 Å². The molecule has 0 fully saturated rings. The van der Waals surface area contributed by atoms with E-state index in [2.05, 4.69) is 32.6 Å². The fourth-order valence-corrected chi connectivity index (χ4v) is 4.64. The van der Waals surface area contributed by atoms with Gasteiger partial charge in [0.15, 0.2) is 0 Å². The molecular weight excluding hydrogens is 563 g/mol. The monoisotopic (exact) mass is 581 g/mol. The smallest absolute Gasteiger partial charge is 0.324 e. The van der Waals surface area contributed by atoms with Gasteiger partial charge in [-0.05, 0) is 48.0 Å². The number of nitrogens with zero attached hydrogens (tertiary/aromatic N) is 3. The Morgan fingerprint density at radius 2 is 1.85 bits per heavy atom. The standard InChI is InChI=1S/C27H19Cl2F2N7O2/c28-20-8-17(5-6-22(20)31)34-25-15(10-32)11-33-27-19(25)7-18(9-21(27)29)35-26(14-1-3-16(30)4-2-14)23-12-38(37-36-23)13-24(39)40/h1-9,11-12,26,35-37H,13H2,(H,33,34)(H,39,40). The Morgan fingerprint density at radius 1 is 1.10 bits per heavy atom. The second-order valence-electron chi connectivity index (χ2n) is 8.74. The van der Waals surface area contributed by atoms with E-state index in [9.17, 15) is 18.8 Å². The maximum absolute atomic E-state index is 13.7. The minimum Gasteiger partial charge on any atom is -0.480 e. The molecule has 0 saturated carbocycles. The third-order valence-corrected chi connectivity index (χ3v) is 6.58. The van der Waals surface area contributed by atoms with Crippen molar-refractivity contribution in [2.24, 2.45) is 0 Å². The number of hydrogen-bond donors (Lipinski definition) is 5. The van der Waals surface area contributed by atoms with Crippen LogP contribution in [0.4, 0.5) is 25.8 Å². The van der Waals surface area contributed by atoms with Gasteiger partial charge in [0.1, 0.15) is 24.2 Å². The number of hydrogen-bond acceptors (Lipinski definition) is 8. The number of fused-ring (bicyclic) bond motifs is 1. The van der Waals surface area contributed by atoms with Crippen molar-refractivity contribution in [2.75, 3.05) is 17.2 Å². The summed E-state index contributed by atoms with van der Waals surface area (Å²) in [7, 11) is 0. The molecule has 0 saturated heterocycles. The van der Waals surface area contributed by atoms with E-state index in [1.807, 2.05) is 0 Å². The van der Waals surface area contributed by atoms with Gasteiger partial charge >= 0.3 is 5.97 Å². The summed E-state index contributed by atoms with van der Waals surface area (Å²) in [5, 5.41) is 27.4. The quantitative estimate of drug-likeness (QED) is 0.174. The van der Waals surface area contributed by atoms with Gasteiger partial charge in [-0.1, -0.05) is 35.3 Å². The van der Waals surface area contributed by atoms with Crippen molar-refractivity contribution >= 4 is 57.1 Å². The van der Waals surface area contributed by atoms with Crippen LogP contribution in [0.3, 0.4) is 0 Å². The third-order valence-electron chi connectivity index (χ3n) is 6.00. The van der Waals surface area contributed by atoms with Gasteiger partial charge in [-0.2, -0.15) is 5.26 Å². The number of benzene rings is 3. The molecular formula is C27H19Cl2F2N7O2. The van der Waals surface area contributed by atoms with Crippen LogP contribution in [-0.2, 0) is 4.79 Å². The highest BCUT2D eigenvalue weighted by molar-refractivity contribution is 6.36. The lowest BCUT2D eigenvalue weighted by atomic mass is 10.0. The first-order valence-corrected chi connectivity index (χ1v) is 12.5. The molecule has 1 aromatic heterocycles. The zero-order valence-electron chi connectivity index (χ0n) is 20.3. The zero-order chi connectivity index (χ0) is 28.4. The molecule has 0 spiro atoms. The van der Waals surface area contributed by atoms with Gasteiger partial charge in [0, 0.05) is 29.2 Å². The molecule has 9 nitrogen and oxygen atoms in total. The zero-order valence-corrected chi connectivity index (χ0v) is 21.9. The van der Waals surface area contributed by atoms with Gasteiger partial charge in [-0.15, -0.1) is 5.53 Å². The fraction of sp³-hybridized carbons (Fsp3) is 0.0741. The molecule has 5 rings (SSSR count). The molecule has 0 amide bonds. The average molecular weight is 582 g/mol. The fourth-order valence-electron chi connectivity index (χ4n) is 4.19. The summed E-state index contributed by atoms with van der Waals surface area (Å²) in [5.74, 6) is -2.04. The number of carbonyl (C=O) groups is 1. The lowest BCUT2D eigenvalue weighted by Crippen LogP contribution is -2.40. The number of carboxylic acid groups (broad SMARTS) is 1. The molecule has 1 atom stereocenters. The predicted octanol–water partition coefficient (Wildman–Crippen LogP) is 5.84. The lowest BCUT2D eigenvalue weighted by molar-refractivity contribution is -0.138. The van der Waals surface area contributed by atoms with E-state index < -0.39 is 23.6 Å². The summed E-state index contributed by atoms with van der Waals surface area (Å²) in [6.45, 7) is -0.306. The first-order chi connectivity index (χ1) is 19.2. The molecule has 0 aliphatic carbocycles. The normalized spacial score (nSPS) is 13.4. The number of rotatable bonds is 8. The highest BCUT2D eigenvalue weighted by atomic mass is 35.5. The molecule has 0 bridgehead atoms. The molecule has 2 heterocycles. The van der Waals surface area contributed by atoms with Crippen LogP contribution < -0.4 is 21.6 Å². The van der Waals surface area contributed by atoms with Gasteiger partial charge < -0.3 is 21.2 Å². The van der Waals surface area contributed by atoms with Gasteiger partial charge in [-0.3, -0.25) is 14.8 Å². The van der Waals surface area contributed by atoms with Crippen molar-refractivity contribution in [3.63, 3.8) is 0 Å². The van der Waals surface area contributed by atoms with Gasteiger partial charge in [0.25, 0.3) is 0 Å².